The summed E-state index contributed by atoms with van der Waals surface area (Å²) < 4.78 is 1.03. The molecule has 0 heterocycles. The molecule has 0 amide bonds. The van der Waals surface area contributed by atoms with Crippen LogP contribution >= 0.6 is 22.6 Å². The van der Waals surface area contributed by atoms with E-state index in [1.165, 1.54) is 11.1 Å². The molecule has 0 fully saturated rings. The molecule has 0 nitrogen and oxygen atoms in total. The lowest BCUT2D eigenvalue weighted by atomic mass is 10.0. The van der Waals surface area contributed by atoms with Crippen LogP contribution in [0.5, 0.6) is 0 Å². The zero-order valence-corrected chi connectivity index (χ0v) is 11.5. The highest BCUT2D eigenvalue weighted by Gasteiger charge is 1.99. The highest BCUT2D eigenvalue weighted by Crippen LogP contribution is 2.18. The van der Waals surface area contributed by atoms with E-state index < -0.39 is 0 Å². The van der Waals surface area contributed by atoms with Gasteiger partial charge in [-0.1, -0.05) is 65.6 Å². The molecule has 0 aromatic carbocycles. The fourth-order valence-electron chi connectivity index (χ4n) is 1.27. The first kappa shape index (κ1) is 14.4. The van der Waals surface area contributed by atoms with E-state index in [1.54, 1.807) is 0 Å². The lowest BCUT2D eigenvalue weighted by molar-refractivity contribution is 0.992. The van der Waals surface area contributed by atoms with E-state index in [0.29, 0.717) is 0 Å². The van der Waals surface area contributed by atoms with Gasteiger partial charge >= 0.3 is 0 Å². The topological polar surface area (TPSA) is 0 Å². The average Bonchev–Trinajstić information content (AvgIpc) is 2.26. The molecule has 0 atom stereocenters. The number of hydrogen-bond donors (Lipinski definition) is 0. The lowest BCUT2D eigenvalue weighted by Crippen LogP contribution is -1.87. The summed E-state index contributed by atoms with van der Waals surface area (Å²) in [6.07, 6.45) is 14.4. The second-order valence-corrected chi connectivity index (χ2v) is 3.93. The van der Waals surface area contributed by atoms with E-state index in [1.807, 2.05) is 18.2 Å². The van der Waals surface area contributed by atoms with Gasteiger partial charge < -0.3 is 0 Å². The van der Waals surface area contributed by atoms with Gasteiger partial charge in [0.2, 0.25) is 0 Å². The van der Waals surface area contributed by atoms with Crippen LogP contribution in [0.25, 0.3) is 0 Å². The average molecular weight is 314 g/mol. The minimum absolute atomic E-state index is 1.03. The van der Waals surface area contributed by atoms with E-state index in [2.05, 4.69) is 60.9 Å². The van der Waals surface area contributed by atoms with Crippen molar-refractivity contribution in [3.8, 4) is 0 Å². The quantitative estimate of drug-likeness (QED) is 0.268. The van der Waals surface area contributed by atoms with Crippen molar-refractivity contribution >= 4 is 22.6 Å². The van der Waals surface area contributed by atoms with E-state index in [4.69, 9.17) is 0 Å². The van der Waals surface area contributed by atoms with Crippen LogP contribution in [0.1, 0.15) is 19.8 Å². The van der Waals surface area contributed by atoms with Crippen molar-refractivity contribution in [2.24, 2.45) is 0 Å². The smallest absolute Gasteiger partial charge is 0.0184 e. The van der Waals surface area contributed by atoms with Crippen molar-refractivity contribution in [3.05, 3.63) is 60.8 Å². The van der Waals surface area contributed by atoms with Crippen LogP contribution in [0.4, 0.5) is 0 Å². The Balaban J connectivity index is 4.71. The Hall–Kier alpha value is -0.570. The first-order valence-electron chi connectivity index (χ1n) is 5.11. The molecule has 0 radical (unpaired) electrons. The summed E-state index contributed by atoms with van der Waals surface area (Å²) in [4.78, 5) is 0. The summed E-state index contributed by atoms with van der Waals surface area (Å²) in [5.41, 5.74) is 2.68. The second-order valence-electron chi connectivity index (χ2n) is 3.05. The Kier molecular flexibility index (Phi) is 9.59. The summed E-state index contributed by atoms with van der Waals surface area (Å²) >= 11 is 2.36. The molecule has 82 valence electrons. The largest absolute Gasteiger partial charge is 0.103 e. The van der Waals surface area contributed by atoms with Gasteiger partial charge in [-0.05, 0) is 30.9 Å². The van der Waals surface area contributed by atoms with Crippen LogP contribution in [-0.2, 0) is 0 Å². The van der Waals surface area contributed by atoms with Crippen molar-refractivity contribution in [2.45, 2.75) is 19.8 Å². The normalized spacial score (nSPS) is 13.2. The standard InChI is InChI=1S/C14H19I/c1-4-7-9-13(6-3)14(11-12-15)10-8-5-2/h4-6,8,10-11H,1-2,7,9,12H2,3H3/b10-8-,13-6+,14-11+. The predicted molar refractivity (Wildman–Crippen MR) is 79.5 cm³/mol. The SMILES string of the molecule is C=C\C=C/C(=C\CI)C(=C/C)/CCC=C. The van der Waals surface area contributed by atoms with E-state index in [0.717, 1.165) is 17.3 Å². The Labute approximate surface area is 107 Å². The van der Waals surface area contributed by atoms with Gasteiger partial charge in [-0.15, -0.1) is 6.58 Å². The Bertz CT molecular complexity index is 280. The summed E-state index contributed by atoms with van der Waals surface area (Å²) in [6, 6.07) is 0. The van der Waals surface area contributed by atoms with Crippen molar-refractivity contribution in [3.63, 3.8) is 0 Å². The zero-order chi connectivity index (χ0) is 11.5. The molecule has 0 saturated heterocycles. The molecule has 0 aliphatic carbocycles. The molecular formula is C14H19I. The van der Waals surface area contributed by atoms with Crippen LogP contribution in [0, 0.1) is 0 Å². The maximum Gasteiger partial charge on any atom is 0.0184 e. The van der Waals surface area contributed by atoms with Crippen LogP contribution in [-0.4, -0.2) is 4.43 Å². The van der Waals surface area contributed by atoms with Crippen LogP contribution in [0.3, 0.4) is 0 Å². The van der Waals surface area contributed by atoms with Gasteiger partial charge in [0.1, 0.15) is 0 Å². The fraction of sp³-hybridized carbons (Fsp3) is 0.286. The van der Waals surface area contributed by atoms with Gasteiger partial charge in [-0.25, -0.2) is 0 Å². The zero-order valence-electron chi connectivity index (χ0n) is 9.38. The maximum absolute atomic E-state index is 3.75. The molecule has 0 unspecified atom stereocenters. The first-order chi connectivity index (χ1) is 7.29. The minimum Gasteiger partial charge on any atom is -0.103 e. The van der Waals surface area contributed by atoms with Crippen molar-refractivity contribution in [2.75, 3.05) is 4.43 Å². The molecule has 0 N–H and O–H groups in total. The number of alkyl halides is 1. The van der Waals surface area contributed by atoms with E-state index in [-0.39, 0.29) is 0 Å². The van der Waals surface area contributed by atoms with Crippen molar-refractivity contribution in [1.29, 1.82) is 0 Å². The number of allylic oxidation sites excluding steroid dienone is 8. The summed E-state index contributed by atoms with van der Waals surface area (Å²) in [7, 11) is 0. The minimum atomic E-state index is 1.03. The number of rotatable bonds is 7. The van der Waals surface area contributed by atoms with Gasteiger partial charge in [0.15, 0.2) is 0 Å². The number of hydrogen-bond acceptors (Lipinski definition) is 0. The molecule has 0 saturated carbocycles. The molecule has 0 spiro atoms. The van der Waals surface area contributed by atoms with Crippen molar-refractivity contribution < 1.29 is 0 Å². The maximum atomic E-state index is 3.75. The van der Waals surface area contributed by atoms with Gasteiger partial charge in [0, 0.05) is 4.43 Å². The van der Waals surface area contributed by atoms with Gasteiger partial charge in [0.25, 0.3) is 0 Å². The number of halogens is 1. The molecule has 0 aliphatic rings. The van der Waals surface area contributed by atoms with Crippen LogP contribution in [0.15, 0.2) is 60.8 Å². The molecule has 1 heteroatoms. The molecule has 0 aliphatic heterocycles. The molecule has 0 aromatic heterocycles. The summed E-state index contributed by atoms with van der Waals surface area (Å²) in [6.45, 7) is 9.53. The first-order valence-corrected chi connectivity index (χ1v) is 6.64. The van der Waals surface area contributed by atoms with E-state index in [9.17, 15) is 0 Å². The monoisotopic (exact) mass is 314 g/mol. The predicted octanol–water partition coefficient (Wildman–Crippen LogP) is 5.00. The summed E-state index contributed by atoms with van der Waals surface area (Å²) in [5, 5.41) is 0. The third-order valence-corrected chi connectivity index (χ3v) is 2.49. The van der Waals surface area contributed by atoms with E-state index >= 15 is 0 Å². The van der Waals surface area contributed by atoms with Crippen LogP contribution in [0.2, 0.25) is 0 Å². The van der Waals surface area contributed by atoms with Gasteiger partial charge in [-0.2, -0.15) is 0 Å². The molecule has 15 heavy (non-hydrogen) atoms. The highest BCUT2D eigenvalue weighted by molar-refractivity contribution is 14.1. The van der Waals surface area contributed by atoms with Gasteiger partial charge in [0.05, 0.1) is 0 Å². The Morgan fingerprint density at radius 3 is 2.53 bits per heavy atom. The summed E-state index contributed by atoms with van der Waals surface area (Å²) in [5.74, 6) is 0. The third-order valence-electron chi connectivity index (χ3n) is 2.05. The third kappa shape index (κ3) is 6.50. The van der Waals surface area contributed by atoms with Crippen molar-refractivity contribution in [1.82, 2.24) is 0 Å². The molecule has 0 aromatic rings. The fourth-order valence-corrected chi connectivity index (χ4v) is 1.75. The molecule has 0 bridgehead atoms. The lowest BCUT2D eigenvalue weighted by Gasteiger charge is -2.06. The molecule has 0 rings (SSSR count). The Morgan fingerprint density at radius 1 is 1.33 bits per heavy atom. The van der Waals surface area contributed by atoms with Gasteiger partial charge in [-0.3, -0.25) is 0 Å². The van der Waals surface area contributed by atoms with Crippen LogP contribution < -0.4 is 0 Å². The second kappa shape index (κ2) is 9.97. The highest BCUT2D eigenvalue weighted by atomic mass is 127. The molecular weight excluding hydrogens is 295 g/mol. The Morgan fingerprint density at radius 2 is 2.07 bits per heavy atom.